The topological polar surface area (TPSA) is 110 Å². The summed E-state index contributed by atoms with van der Waals surface area (Å²) in [6.07, 6.45) is 5.70. The van der Waals surface area contributed by atoms with Crippen LogP contribution in [0.2, 0.25) is 5.15 Å². The number of carbonyl (C=O) groups excluding carboxylic acids is 2. The van der Waals surface area contributed by atoms with Crippen LogP contribution in [0.4, 0.5) is 0 Å². The molecule has 4 heterocycles. The number of benzene rings is 1. The molecule has 3 aromatic rings. The Balaban J connectivity index is 1.38. The Morgan fingerprint density at radius 2 is 1.90 bits per heavy atom. The summed E-state index contributed by atoms with van der Waals surface area (Å²) in [5, 5.41) is 20.0. The third kappa shape index (κ3) is 6.17. The van der Waals surface area contributed by atoms with E-state index in [0.29, 0.717) is 50.5 Å². The molecule has 1 fully saturated rings. The molecular weight excluding hydrogens is 516 g/mol. The van der Waals surface area contributed by atoms with Gasteiger partial charge in [-0.2, -0.15) is 5.10 Å². The van der Waals surface area contributed by atoms with Gasteiger partial charge in [-0.15, -0.1) is 5.10 Å². The monoisotopic (exact) mass is 552 g/mol. The maximum absolute atomic E-state index is 14.1. The fourth-order valence-corrected chi connectivity index (χ4v) is 5.92. The van der Waals surface area contributed by atoms with E-state index in [-0.39, 0.29) is 11.8 Å². The third-order valence-electron chi connectivity index (χ3n) is 8.04. The van der Waals surface area contributed by atoms with E-state index >= 15 is 0 Å². The number of piperidine rings is 1. The summed E-state index contributed by atoms with van der Waals surface area (Å²) >= 11 is 6.57. The molecule has 2 amide bonds. The number of hydrogen-bond donors (Lipinski definition) is 2. The van der Waals surface area contributed by atoms with Crippen LogP contribution in [0.3, 0.4) is 0 Å². The van der Waals surface area contributed by atoms with Crippen molar-refractivity contribution in [2.45, 2.75) is 64.6 Å². The van der Waals surface area contributed by atoms with E-state index in [1.165, 1.54) is 0 Å². The Morgan fingerprint density at radius 3 is 2.64 bits per heavy atom. The molecule has 5 rings (SSSR count). The van der Waals surface area contributed by atoms with E-state index in [0.717, 1.165) is 48.4 Å². The Morgan fingerprint density at radius 1 is 1.13 bits per heavy atom. The quantitative estimate of drug-likeness (QED) is 0.502. The lowest BCUT2D eigenvalue weighted by Gasteiger charge is -2.41. The van der Waals surface area contributed by atoms with E-state index in [1.807, 2.05) is 43.6 Å². The van der Waals surface area contributed by atoms with Crippen molar-refractivity contribution in [2.24, 2.45) is 12.5 Å². The SMILES string of the molecule is CCc1nn(C)c(Cl)c1CN1CCC2(CC1)Cc1cn(nn1)CCCNC(=O)[C@H](Cc1ccccc1)NC2=O. The van der Waals surface area contributed by atoms with Gasteiger partial charge in [0.15, 0.2) is 0 Å². The highest BCUT2D eigenvalue weighted by Crippen LogP contribution is 2.37. The molecule has 2 aliphatic heterocycles. The van der Waals surface area contributed by atoms with Gasteiger partial charge in [0.25, 0.3) is 0 Å². The zero-order chi connectivity index (χ0) is 27.4. The van der Waals surface area contributed by atoms with Crippen molar-refractivity contribution < 1.29 is 9.59 Å². The molecule has 2 aliphatic rings. The Labute approximate surface area is 234 Å². The predicted octanol–water partition coefficient (Wildman–Crippen LogP) is 2.30. The number of nitrogens with one attached hydrogen (secondary N) is 2. The molecule has 2 N–H and O–H groups in total. The van der Waals surface area contributed by atoms with Crippen LogP contribution < -0.4 is 10.6 Å². The molecule has 0 radical (unpaired) electrons. The van der Waals surface area contributed by atoms with Gasteiger partial charge in [-0.25, -0.2) is 0 Å². The van der Waals surface area contributed by atoms with Crippen molar-refractivity contribution in [1.29, 1.82) is 0 Å². The van der Waals surface area contributed by atoms with Crippen LogP contribution in [0.15, 0.2) is 36.5 Å². The normalized spacial score (nSPS) is 20.5. The molecule has 1 aromatic carbocycles. The van der Waals surface area contributed by atoms with Gasteiger partial charge >= 0.3 is 0 Å². The second-order valence-electron chi connectivity index (χ2n) is 10.8. The van der Waals surface area contributed by atoms with Gasteiger partial charge in [0.05, 0.1) is 16.8 Å². The summed E-state index contributed by atoms with van der Waals surface area (Å²) < 4.78 is 3.53. The summed E-state index contributed by atoms with van der Waals surface area (Å²) in [5.41, 5.74) is 3.19. The largest absolute Gasteiger partial charge is 0.354 e. The minimum atomic E-state index is -0.688. The first kappa shape index (κ1) is 27.3. The molecule has 1 spiro atoms. The number of likely N-dealkylation sites (tertiary alicyclic amines) is 1. The first-order valence-corrected chi connectivity index (χ1v) is 14.2. The zero-order valence-corrected chi connectivity index (χ0v) is 23.5. The molecule has 11 heteroatoms. The summed E-state index contributed by atoms with van der Waals surface area (Å²) in [7, 11) is 1.86. The van der Waals surface area contributed by atoms with Gasteiger partial charge < -0.3 is 10.6 Å². The van der Waals surface area contributed by atoms with Crippen LogP contribution in [0.1, 0.15) is 48.7 Å². The smallest absolute Gasteiger partial charge is 0.242 e. The van der Waals surface area contributed by atoms with Crippen LogP contribution in [-0.2, 0) is 49.0 Å². The average molecular weight is 553 g/mol. The van der Waals surface area contributed by atoms with Crippen LogP contribution in [0.5, 0.6) is 0 Å². The first-order valence-electron chi connectivity index (χ1n) is 13.8. The van der Waals surface area contributed by atoms with Crippen molar-refractivity contribution in [3.05, 3.63) is 64.2 Å². The Kier molecular flexibility index (Phi) is 8.32. The van der Waals surface area contributed by atoms with E-state index in [4.69, 9.17) is 11.6 Å². The van der Waals surface area contributed by atoms with Crippen LogP contribution in [-0.4, -0.2) is 67.2 Å². The molecule has 39 heavy (non-hydrogen) atoms. The van der Waals surface area contributed by atoms with Crippen LogP contribution >= 0.6 is 11.6 Å². The maximum atomic E-state index is 14.1. The molecular formula is C28H37ClN8O2. The van der Waals surface area contributed by atoms with Crippen molar-refractivity contribution >= 4 is 23.4 Å². The van der Waals surface area contributed by atoms with Crippen molar-refractivity contribution in [3.8, 4) is 0 Å². The van der Waals surface area contributed by atoms with E-state index in [9.17, 15) is 9.59 Å². The molecule has 1 atom stereocenters. The lowest BCUT2D eigenvalue weighted by Crippen LogP contribution is -2.56. The van der Waals surface area contributed by atoms with Gasteiger partial charge in [-0.05, 0) is 44.3 Å². The lowest BCUT2D eigenvalue weighted by molar-refractivity contribution is -0.137. The number of hydrogen-bond acceptors (Lipinski definition) is 6. The second kappa shape index (κ2) is 11.9. The number of aryl methyl sites for hydroxylation is 3. The van der Waals surface area contributed by atoms with E-state index in [1.54, 1.807) is 9.36 Å². The Bertz CT molecular complexity index is 1300. The predicted molar refractivity (Wildman–Crippen MR) is 148 cm³/mol. The molecule has 0 saturated carbocycles. The van der Waals surface area contributed by atoms with Crippen molar-refractivity contribution in [1.82, 2.24) is 40.3 Å². The minimum Gasteiger partial charge on any atom is -0.354 e. The number of carbonyl (C=O) groups is 2. The van der Waals surface area contributed by atoms with Gasteiger partial charge in [-0.1, -0.05) is 54.1 Å². The summed E-state index contributed by atoms with van der Waals surface area (Å²) in [6.45, 7) is 5.40. The van der Waals surface area contributed by atoms with Crippen molar-refractivity contribution in [2.75, 3.05) is 19.6 Å². The first-order chi connectivity index (χ1) is 18.9. The van der Waals surface area contributed by atoms with Crippen molar-refractivity contribution in [3.63, 3.8) is 0 Å². The number of rotatable bonds is 5. The van der Waals surface area contributed by atoms with Gasteiger partial charge in [-0.3, -0.25) is 23.9 Å². The van der Waals surface area contributed by atoms with Crippen LogP contribution in [0, 0.1) is 5.41 Å². The summed E-state index contributed by atoms with van der Waals surface area (Å²) in [4.78, 5) is 29.6. The van der Waals surface area contributed by atoms with Gasteiger partial charge in [0, 0.05) is 51.3 Å². The van der Waals surface area contributed by atoms with Crippen LogP contribution in [0.25, 0.3) is 0 Å². The van der Waals surface area contributed by atoms with E-state index < -0.39 is 11.5 Å². The number of halogens is 1. The number of fused-ring (bicyclic) bond motifs is 2. The average Bonchev–Trinajstić information content (AvgIpc) is 3.50. The summed E-state index contributed by atoms with van der Waals surface area (Å²) in [6, 6.07) is 9.18. The highest BCUT2D eigenvalue weighted by molar-refractivity contribution is 6.30. The molecule has 1 saturated heterocycles. The molecule has 10 nitrogen and oxygen atoms in total. The lowest BCUT2D eigenvalue weighted by atomic mass is 9.73. The standard InChI is InChI=1S/C28H37ClN8O2/c1-3-23-22(25(29)35(2)33-23)19-36-14-10-28(11-15-36)17-21-18-37(34-32-21)13-7-12-30-26(38)24(31-27(28)39)16-20-8-5-4-6-9-20/h4-6,8-9,18,24H,3,7,10-17,19H2,1-2H3,(H,30,38)(H,31,39)/t24-/m0/s1. The number of aromatic nitrogens is 5. The molecule has 0 aliphatic carbocycles. The summed E-state index contributed by atoms with van der Waals surface area (Å²) in [5.74, 6) is -0.253. The minimum absolute atomic E-state index is 0.0966. The number of nitrogens with zero attached hydrogens (tertiary/aromatic N) is 6. The van der Waals surface area contributed by atoms with Gasteiger partial charge in [0.1, 0.15) is 11.2 Å². The molecule has 2 bridgehead atoms. The molecule has 208 valence electrons. The fraction of sp³-hybridized carbons (Fsp3) is 0.536. The second-order valence-corrected chi connectivity index (χ2v) is 11.1. The maximum Gasteiger partial charge on any atom is 0.242 e. The van der Waals surface area contributed by atoms with E-state index in [2.05, 4.69) is 37.9 Å². The van der Waals surface area contributed by atoms with Gasteiger partial charge in [0.2, 0.25) is 11.8 Å². The third-order valence-corrected chi connectivity index (χ3v) is 8.51. The Hall–Kier alpha value is -3.24. The highest BCUT2D eigenvalue weighted by Gasteiger charge is 2.43. The fourth-order valence-electron chi connectivity index (χ4n) is 5.71. The number of amides is 2. The zero-order valence-electron chi connectivity index (χ0n) is 22.7. The molecule has 0 unspecified atom stereocenters. The molecule has 2 aromatic heterocycles. The highest BCUT2D eigenvalue weighted by atomic mass is 35.5.